The molecule has 0 atom stereocenters. The molecule has 0 saturated heterocycles. The summed E-state index contributed by atoms with van der Waals surface area (Å²) in [6, 6.07) is 6.54. The van der Waals surface area contributed by atoms with Crippen LogP contribution in [0.15, 0.2) is 30.3 Å². The van der Waals surface area contributed by atoms with Crippen molar-refractivity contribution < 1.29 is 18.3 Å². The maximum absolute atomic E-state index is 13.4. The summed E-state index contributed by atoms with van der Waals surface area (Å²) >= 11 is 0. The highest BCUT2D eigenvalue weighted by molar-refractivity contribution is 5.87. The number of ether oxygens (including phenoxy) is 1. The summed E-state index contributed by atoms with van der Waals surface area (Å²) in [5, 5.41) is 2.80. The number of nitrogens with one attached hydrogen (secondary N) is 2. The van der Waals surface area contributed by atoms with Gasteiger partial charge in [-0.05, 0) is 24.3 Å². The second kappa shape index (κ2) is 5.51. The minimum atomic E-state index is -0.667. The fourth-order valence-corrected chi connectivity index (χ4v) is 1.60. The van der Waals surface area contributed by atoms with Crippen LogP contribution in [-0.4, -0.2) is 18.1 Å². The number of hydrogen-bond donors (Lipinski definition) is 2. The number of H-pyrrole nitrogens is 1. The fourth-order valence-electron chi connectivity index (χ4n) is 1.60. The molecule has 0 aliphatic heterocycles. The molecule has 1 aromatic carbocycles. The summed E-state index contributed by atoms with van der Waals surface area (Å²) in [4.78, 5) is 14.0. The summed E-state index contributed by atoms with van der Waals surface area (Å²) in [6.07, 6.45) is 0. The monoisotopic (exact) mass is 266 g/mol. The van der Waals surface area contributed by atoms with Crippen molar-refractivity contribution in [3.05, 3.63) is 53.4 Å². The van der Waals surface area contributed by atoms with Gasteiger partial charge in [-0.3, -0.25) is 0 Å². The van der Waals surface area contributed by atoms with E-state index in [0.717, 1.165) is 6.07 Å². The van der Waals surface area contributed by atoms with E-state index in [1.807, 2.05) is 0 Å². The quantitative estimate of drug-likeness (QED) is 0.836. The first-order valence-corrected chi connectivity index (χ1v) is 5.55. The van der Waals surface area contributed by atoms with Crippen LogP contribution in [0.25, 0.3) is 0 Å². The van der Waals surface area contributed by atoms with Gasteiger partial charge in [0.05, 0.1) is 19.3 Å². The lowest BCUT2D eigenvalue weighted by Crippen LogP contribution is -2.04. The molecule has 4 nitrogen and oxygen atoms in total. The third-order valence-corrected chi connectivity index (χ3v) is 2.55. The topological polar surface area (TPSA) is 54.1 Å². The Labute approximate surface area is 108 Å². The zero-order valence-electron chi connectivity index (χ0n) is 10.2. The Morgan fingerprint density at radius 3 is 2.79 bits per heavy atom. The van der Waals surface area contributed by atoms with Crippen LogP contribution in [0.3, 0.4) is 0 Å². The number of hydrogen-bond acceptors (Lipinski definition) is 3. The number of aromatic amines is 1. The average molecular weight is 266 g/mol. The van der Waals surface area contributed by atoms with Gasteiger partial charge in [-0.2, -0.15) is 0 Å². The predicted octanol–water partition coefficient (Wildman–Crippen LogP) is 2.69. The zero-order valence-corrected chi connectivity index (χ0v) is 10.2. The van der Waals surface area contributed by atoms with Crippen LogP contribution < -0.4 is 5.32 Å². The zero-order chi connectivity index (χ0) is 13.8. The van der Waals surface area contributed by atoms with E-state index in [1.54, 1.807) is 12.1 Å². The fraction of sp³-hybridized carbons (Fsp3) is 0.154. The number of anilines is 1. The van der Waals surface area contributed by atoms with E-state index < -0.39 is 17.6 Å². The van der Waals surface area contributed by atoms with Gasteiger partial charge >= 0.3 is 5.97 Å². The molecule has 0 unspecified atom stereocenters. The van der Waals surface area contributed by atoms with Crippen LogP contribution in [0.2, 0.25) is 0 Å². The molecule has 0 fully saturated rings. The van der Waals surface area contributed by atoms with Gasteiger partial charge < -0.3 is 15.0 Å². The predicted molar refractivity (Wildman–Crippen MR) is 65.8 cm³/mol. The van der Waals surface area contributed by atoms with Gasteiger partial charge in [0.25, 0.3) is 0 Å². The molecule has 0 amide bonds. The third-order valence-electron chi connectivity index (χ3n) is 2.55. The van der Waals surface area contributed by atoms with E-state index >= 15 is 0 Å². The van der Waals surface area contributed by atoms with Gasteiger partial charge in [-0.1, -0.05) is 0 Å². The van der Waals surface area contributed by atoms with Crippen molar-refractivity contribution in [1.82, 2.24) is 4.98 Å². The lowest BCUT2D eigenvalue weighted by Gasteiger charge is -2.06. The van der Waals surface area contributed by atoms with Crippen molar-refractivity contribution in [2.24, 2.45) is 0 Å². The highest BCUT2D eigenvalue weighted by Gasteiger charge is 2.08. The Morgan fingerprint density at radius 1 is 1.32 bits per heavy atom. The molecule has 0 saturated carbocycles. The van der Waals surface area contributed by atoms with Crippen molar-refractivity contribution in [3.63, 3.8) is 0 Å². The lowest BCUT2D eigenvalue weighted by atomic mass is 10.3. The number of methoxy groups -OCH3 is 1. The van der Waals surface area contributed by atoms with Crippen LogP contribution in [0.1, 0.15) is 16.2 Å². The molecule has 100 valence electrons. The second-order valence-electron chi connectivity index (χ2n) is 3.87. The van der Waals surface area contributed by atoms with E-state index in [9.17, 15) is 13.6 Å². The van der Waals surface area contributed by atoms with Crippen LogP contribution in [-0.2, 0) is 11.3 Å². The summed E-state index contributed by atoms with van der Waals surface area (Å²) in [5.41, 5.74) is 1.19. The molecule has 6 heteroatoms. The molecule has 0 spiro atoms. The molecule has 2 aromatic rings. The summed E-state index contributed by atoms with van der Waals surface area (Å²) < 4.78 is 30.6. The molecule has 19 heavy (non-hydrogen) atoms. The Hall–Kier alpha value is -2.37. The minimum Gasteiger partial charge on any atom is -0.464 e. The maximum Gasteiger partial charge on any atom is 0.354 e. The molecule has 0 aliphatic rings. The smallest absolute Gasteiger partial charge is 0.354 e. The molecular formula is C13H12F2N2O2. The number of esters is 1. The number of rotatable bonds is 4. The van der Waals surface area contributed by atoms with E-state index in [-0.39, 0.29) is 12.2 Å². The van der Waals surface area contributed by atoms with Crippen LogP contribution in [0.5, 0.6) is 0 Å². The van der Waals surface area contributed by atoms with Gasteiger partial charge in [0, 0.05) is 11.8 Å². The largest absolute Gasteiger partial charge is 0.464 e. The number of halogens is 2. The van der Waals surface area contributed by atoms with Crippen molar-refractivity contribution in [1.29, 1.82) is 0 Å². The normalized spacial score (nSPS) is 10.3. The molecule has 1 aromatic heterocycles. The third kappa shape index (κ3) is 3.09. The number of carbonyl (C=O) groups is 1. The Balaban J connectivity index is 2.02. The molecule has 2 N–H and O–H groups in total. The van der Waals surface area contributed by atoms with E-state index in [1.165, 1.54) is 19.2 Å². The highest BCUT2D eigenvalue weighted by Crippen LogP contribution is 2.16. The minimum absolute atomic E-state index is 0.190. The first kappa shape index (κ1) is 13.1. The van der Waals surface area contributed by atoms with Gasteiger partial charge in [0.15, 0.2) is 0 Å². The molecule has 1 heterocycles. The lowest BCUT2D eigenvalue weighted by molar-refractivity contribution is 0.0594. The van der Waals surface area contributed by atoms with Gasteiger partial charge in [0.2, 0.25) is 0 Å². The Morgan fingerprint density at radius 2 is 2.11 bits per heavy atom. The van der Waals surface area contributed by atoms with Crippen molar-refractivity contribution in [3.8, 4) is 0 Å². The highest BCUT2D eigenvalue weighted by atomic mass is 19.1. The van der Waals surface area contributed by atoms with Crippen LogP contribution >= 0.6 is 0 Å². The van der Waals surface area contributed by atoms with Crippen LogP contribution in [0.4, 0.5) is 14.5 Å². The van der Waals surface area contributed by atoms with E-state index in [4.69, 9.17) is 0 Å². The number of aromatic nitrogens is 1. The molecule has 0 aliphatic carbocycles. The van der Waals surface area contributed by atoms with Crippen molar-refractivity contribution in [2.75, 3.05) is 12.4 Å². The first-order chi connectivity index (χ1) is 9.10. The van der Waals surface area contributed by atoms with Gasteiger partial charge in [-0.15, -0.1) is 0 Å². The van der Waals surface area contributed by atoms with Crippen molar-refractivity contribution in [2.45, 2.75) is 6.54 Å². The van der Waals surface area contributed by atoms with Gasteiger partial charge in [-0.25, -0.2) is 13.6 Å². The number of benzene rings is 1. The molecule has 2 rings (SSSR count). The molecule has 0 bridgehead atoms. The SMILES string of the molecule is COC(=O)c1ccc(CNc2ccc(F)cc2F)[nH]1. The second-order valence-corrected chi connectivity index (χ2v) is 3.87. The van der Waals surface area contributed by atoms with Crippen LogP contribution in [0, 0.1) is 11.6 Å². The number of carbonyl (C=O) groups excluding carboxylic acids is 1. The molecular weight excluding hydrogens is 254 g/mol. The Bertz CT molecular complexity index is 596. The maximum atomic E-state index is 13.4. The average Bonchev–Trinajstić information content (AvgIpc) is 2.85. The summed E-state index contributed by atoms with van der Waals surface area (Å²) in [5.74, 6) is -1.77. The van der Waals surface area contributed by atoms with E-state index in [2.05, 4.69) is 15.0 Å². The summed E-state index contributed by atoms with van der Waals surface area (Å²) in [6.45, 7) is 0.277. The van der Waals surface area contributed by atoms with E-state index in [0.29, 0.717) is 11.4 Å². The Kier molecular flexibility index (Phi) is 3.79. The summed E-state index contributed by atoms with van der Waals surface area (Å²) in [7, 11) is 1.29. The first-order valence-electron chi connectivity index (χ1n) is 5.55. The molecule has 0 radical (unpaired) electrons. The standard InChI is InChI=1S/C13H12F2N2O2/c1-19-13(18)12-5-3-9(17-12)7-16-11-4-2-8(14)6-10(11)15/h2-6,16-17H,7H2,1H3. The van der Waals surface area contributed by atoms with Crippen molar-refractivity contribution >= 4 is 11.7 Å². The van der Waals surface area contributed by atoms with Gasteiger partial charge in [0.1, 0.15) is 17.3 Å².